The predicted molar refractivity (Wildman–Crippen MR) is 70.9 cm³/mol. The van der Waals surface area contributed by atoms with Gasteiger partial charge in [-0.2, -0.15) is 0 Å². The Labute approximate surface area is 113 Å². The van der Waals surface area contributed by atoms with E-state index in [0.29, 0.717) is 15.4 Å². The maximum absolute atomic E-state index is 11.5. The maximum atomic E-state index is 11.5. The Morgan fingerprint density at radius 1 is 1.59 bits per heavy atom. The molecule has 1 aromatic rings. The summed E-state index contributed by atoms with van der Waals surface area (Å²) in [6.45, 7) is 2.73. The fourth-order valence-corrected chi connectivity index (χ4v) is 2.81. The van der Waals surface area contributed by atoms with Crippen molar-refractivity contribution in [1.29, 1.82) is 0 Å². The second-order valence-corrected chi connectivity index (χ2v) is 5.72. The molecular weight excluding hydrogens is 333 g/mol. The van der Waals surface area contributed by atoms with Crippen molar-refractivity contribution in [3.8, 4) is 0 Å². The minimum absolute atomic E-state index is 0.0808. The molecule has 2 aliphatic heterocycles. The number of aromatic nitrogens is 2. The summed E-state index contributed by atoms with van der Waals surface area (Å²) >= 11 is 1.98. The molecule has 0 bridgehead atoms. The highest BCUT2D eigenvalue weighted by Crippen LogP contribution is 2.28. The van der Waals surface area contributed by atoms with Gasteiger partial charge in [-0.15, -0.1) is 0 Å². The summed E-state index contributed by atoms with van der Waals surface area (Å²) in [6.07, 6.45) is 3.99. The van der Waals surface area contributed by atoms with Crippen molar-refractivity contribution in [3.05, 3.63) is 25.9 Å². The van der Waals surface area contributed by atoms with Gasteiger partial charge in [-0.05, 0) is 42.0 Å². The molecule has 0 spiro atoms. The van der Waals surface area contributed by atoms with Gasteiger partial charge in [0.15, 0.2) is 0 Å². The van der Waals surface area contributed by atoms with Crippen molar-refractivity contribution in [2.45, 2.75) is 25.0 Å². The second-order valence-electron chi connectivity index (χ2n) is 4.56. The molecule has 3 heterocycles. The summed E-state index contributed by atoms with van der Waals surface area (Å²) in [7, 11) is 0. The maximum Gasteiger partial charge on any atom is 0.264 e. The van der Waals surface area contributed by atoms with Crippen LogP contribution >= 0.6 is 22.6 Å². The van der Waals surface area contributed by atoms with Gasteiger partial charge < -0.3 is 9.72 Å². The van der Waals surface area contributed by atoms with Crippen LogP contribution in [0.4, 0.5) is 0 Å². The number of ether oxygens (including phenoxy) is 1. The van der Waals surface area contributed by atoms with Crippen LogP contribution in [0.15, 0.2) is 11.0 Å². The third-order valence-electron chi connectivity index (χ3n) is 3.47. The van der Waals surface area contributed by atoms with Crippen molar-refractivity contribution in [2.75, 3.05) is 19.7 Å². The number of morpholine rings is 1. The smallest absolute Gasteiger partial charge is 0.264 e. The number of aromatic amines is 1. The third-order valence-corrected chi connectivity index (χ3v) is 4.24. The fourth-order valence-electron chi connectivity index (χ4n) is 2.54. The average Bonchev–Trinajstić information content (AvgIpc) is 2.79. The minimum Gasteiger partial charge on any atom is -0.367 e. The van der Waals surface area contributed by atoms with E-state index in [4.69, 9.17) is 4.74 Å². The van der Waals surface area contributed by atoms with Gasteiger partial charge in [0.05, 0.1) is 10.2 Å². The SMILES string of the molecule is O=c1[nH]c(C2CN3CCCC3CO2)ncc1I. The summed E-state index contributed by atoms with van der Waals surface area (Å²) in [5.74, 6) is 0.653. The summed E-state index contributed by atoms with van der Waals surface area (Å²) in [4.78, 5) is 21.0. The number of rotatable bonds is 1. The van der Waals surface area contributed by atoms with E-state index < -0.39 is 0 Å². The van der Waals surface area contributed by atoms with Crippen molar-refractivity contribution in [3.63, 3.8) is 0 Å². The number of nitrogens with zero attached hydrogens (tertiary/aromatic N) is 2. The lowest BCUT2D eigenvalue weighted by molar-refractivity contribution is -0.0542. The van der Waals surface area contributed by atoms with Gasteiger partial charge >= 0.3 is 0 Å². The summed E-state index contributed by atoms with van der Waals surface area (Å²) < 4.78 is 6.41. The molecule has 0 amide bonds. The first-order valence-corrected chi connectivity index (χ1v) is 6.92. The first-order chi connectivity index (χ1) is 8.24. The highest BCUT2D eigenvalue weighted by atomic mass is 127. The number of fused-ring (bicyclic) bond motifs is 1. The molecule has 1 N–H and O–H groups in total. The van der Waals surface area contributed by atoms with Crippen LogP contribution in [-0.2, 0) is 4.74 Å². The first-order valence-electron chi connectivity index (χ1n) is 5.84. The van der Waals surface area contributed by atoms with Crippen molar-refractivity contribution >= 4 is 22.6 Å². The molecule has 2 aliphatic rings. The van der Waals surface area contributed by atoms with Gasteiger partial charge in [0.1, 0.15) is 11.9 Å². The zero-order valence-corrected chi connectivity index (χ0v) is 11.5. The van der Waals surface area contributed by atoms with Crippen LogP contribution in [0.5, 0.6) is 0 Å². The van der Waals surface area contributed by atoms with E-state index >= 15 is 0 Å². The molecular formula is C11H14IN3O2. The Balaban J connectivity index is 1.80. The van der Waals surface area contributed by atoms with E-state index in [-0.39, 0.29) is 11.7 Å². The van der Waals surface area contributed by atoms with Crippen LogP contribution < -0.4 is 5.56 Å². The molecule has 3 rings (SSSR count). The van der Waals surface area contributed by atoms with Gasteiger partial charge in [0, 0.05) is 18.8 Å². The van der Waals surface area contributed by atoms with Crippen LogP contribution in [0, 0.1) is 3.57 Å². The van der Waals surface area contributed by atoms with E-state index in [9.17, 15) is 4.79 Å². The lowest BCUT2D eigenvalue weighted by Gasteiger charge is -2.34. The molecule has 0 saturated carbocycles. The Hall–Kier alpha value is -0.470. The minimum atomic E-state index is -0.0888. The quantitative estimate of drug-likeness (QED) is 0.768. The number of hydrogen-bond donors (Lipinski definition) is 1. The molecule has 0 aromatic carbocycles. The average molecular weight is 347 g/mol. The Bertz CT molecular complexity index is 476. The zero-order valence-electron chi connectivity index (χ0n) is 9.36. The predicted octanol–water partition coefficient (Wildman–Crippen LogP) is 0.910. The van der Waals surface area contributed by atoms with E-state index in [1.165, 1.54) is 12.8 Å². The topological polar surface area (TPSA) is 58.2 Å². The van der Waals surface area contributed by atoms with E-state index in [1.54, 1.807) is 6.20 Å². The Morgan fingerprint density at radius 3 is 3.29 bits per heavy atom. The van der Waals surface area contributed by atoms with Crippen LogP contribution in [0.3, 0.4) is 0 Å². The number of nitrogens with one attached hydrogen (secondary N) is 1. The molecule has 17 heavy (non-hydrogen) atoms. The number of hydrogen-bond acceptors (Lipinski definition) is 4. The highest BCUT2D eigenvalue weighted by molar-refractivity contribution is 14.1. The van der Waals surface area contributed by atoms with Crippen LogP contribution in [0.25, 0.3) is 0 Å². The van der Waals surface area contributed by atoms with Crippen molar-refractivity contribution < 1.29 is 4.74 Å². The van der Waals surface area contributed by atoms with Crippen LogP contribution in [-0.4, -0.2) is 40.6 Å². The fraction of sp³-hybridized carbons (Fsp3) is 0.636. The summed E-state index contributed by atoms with van der Waals surface area (Å²) in [5, 5.41) is 0. The Kier molecular flexibility index (Phi) is 3.18. The molecule has 0 radical (unpaired) electrons. The molecule has 6 heteroatoms. The molecule has 2 saturated heterocycles. The monoisotopic (exact) mass is 347 g/mol. The van der Waals surface area contributed by atoms with Gasteiger partial charge in [-0.25, -0.2) is 4.98 Å². The third kappa shape index (κ3) is 2.25. The Morgan fingerprint density at radius 2 is 2.47 bits per heavy atom. The number of halogens is 1. The normalized spacial score (nSPS) is 29.2. The molecule has 0 aliphatic carbocycles. The summed E-state index contributed by atoms with van der Waals surface area (Å²) in [6, 6.07) is 0.571. The van der Waals surface area contributed by atoms with Gasteiger partial charge in [-0.3, -0.25) is 9.69 Å². The standard InChI is InChI=1S/C11H14IN3O2/c12-8-4-13-10(14-11(8)16)9-5-15-3-1-2-7(15)6-17-9/h4,7,9H,1-3,5-6H2,(H,13,14,16). The van der Waals surface area contributed by atoms with E-state index in [0.717, 1.165) is 19.7 Å². The first kappa shape index (κ1) is 11.6. The second kappa shape index (κ2) is 4.66. The lowest BCUT2D eigenvalue weighted by Crippen LogP contribution is -2.43. The largest absolute Gasteiger partial charge is 0.367 e. The highest BCUT2D eigenvalue weighted by Gasteiger charge is 2.33. The molecule has 2 unspecified atom stereocenters. The molecule has 5 nitrogen and oxygen atoms in total. The van der Waals surface area contributed by atoms with Crippen LogP contribution in [0.2, 0.25) is 0 Å². The molecule has 2 atom stereocenters. The van der Waals surface area contributed by atoms with Gasteiger partial charge in [0.2, 0.25) is 0 Å². The van der Waals surface area contributed by atoms with Gasteiger partial charge in [0.25, 0.3) is 5.56 Å². The van der Waals surface area contributed by atoms with E-state index in [1.807, 2.05) is 22.6 Å². The van der Waals surface area contributed by atoms with Crippen molar-refractivity contribution in [1.82, 2.24) is 14.9 Å². The molecule has 92 valence electrons. The molecule has 2 fully saturated rings. The van der Waals surface area contributed by atoms with Crippen molar-refractivity contribution in [2.24, 2.45) is 0 Å². The lowest BCUT2D eigenvalue weighted by atomic mass is 10.2. The number of H-pyrrole nitrogens is 1. The zero-order chi connectivity index (χ0) is 11.8. The van der Waals surface area contributed by atoms with Crippen LogP contribution in [0.1, 0.15) is 24.8 Å². The van der Waals surface area contributed by atoms with E-state index in [2.05, 4.69) is 14.9 Å². The summed E-state index contributed by atoms with van der Waals surface area (Å²) in [5.41, 5.74) is -0.0808. The molecule has 1 aromatic heterocycles. The van der Waals surface area contributed by atoms with Gasteiger partial charge in [-0.1, -0.05) is 0 Å².